The number of carboxylic acids is 1. The third-order valence-corrected chi connectivity index (χ3v) is 7.48. The van der Waals surface area contributed by atoms with Crippen LogP contribution in [0.3, 0.4) is 0 Å². The molecule has 1 saturated heterocycles. The van der Waals surface area contributed by atoms with Crippen molar-refractivity contribution in [1.29, 1.82) is 0 Å². The first-order valence-corrected chi connectivity index (χ1v) is 11.9. The lowest BCUT2D eigenvalue weighted by atomic mass is 9.85. The Morgan fingerprint density at radius 2 is 1.65 bits per heavy atom. The fraction of sp³-hybridized carbons (Fsp3) is 0.444. The highest BCUT2D eigenvalue weighted by Crippen LogP contribution is 2.44. The number of likely N-dealkylation sites (tertiary alicyclic amines) is 1. The third-order valence-electron chi connectivity index (χ3n) is 7.48. The van der Waals surface area contributed by atoms with E-state index in [0.717, 1.165) is 22.3 Å². The SMILES string of the molecule is CCC(C)(CNC(=O)OCC1c2ccccc2-c2ccccc21)C(=O)N1C[C@@H](C)[C@H](C(=O)O)C1. The van der Waals surface area contributed by atoms with Gasteiger partial charge in [-0.15, -0.1) is 0 Å². The first-order valence-electron chi connectivity index (χ1n) is 11.9. The monoisotopic (exact) mass is 464 g/mol. The molecule has 2 amide bonds. The van der Waals surface area contributed by atoms with Gasteiger partial charge >= 0.3 is 12.1 Å². The van der Waals surface area contributed by atoms with Crippen LogP contribution in [0.1, 0.15) is 44.2 Å². The summed E-state index contributed by atoms with van der Waals surface area (Å²) >= 11 is 0. The molecule has 1 heterocycles. The van der Waals surface area contributed by atoms with E-state index in [1.54, 1.807) is 11.8 Å². The maximum atomic E-state index is 13.2. The molecule has 1 aliphatic carbocycles. The van der Waals surface area contributed by atoms with E-state index in [1.165, 1.54) is 0 Å². The Balaban J connectivity index is 1.36. The van der Waals surface area contributed by atoms with Crippen molar-refractivity contribution < 1.29 is 24.2 Å². The molecule has 3 atom stereocenters. The van der Waals surface area contributed by atoms with E-state index in [2.05, 4.69) is 29.6 Å². The van der Waals surface area contributed by atoms with Crippen LogP contribution < -0.4 is 5.32 Å². The number of ether oxygens (including phenoxy) is 1. The van der Waals surface area contributed by atoms with Gasteiger partial charge in [-0.2, -0.15) is 0 Å². The lowest BCUT2D eigenvalue weighted by Crippen LogP contribution is -2.48. The molecule has 0 bridgehead atoms. The number of fused-ring (bicyclic) bond motifs is 3. The van der Waals surface area contributed by atoms with Crippen molar-refractivity contribution in [3.63, 3.8) is 0 Å². The van der Waals surface area contributed by atoms with Crippen LogP contribution in [0.4, 0.5) is 4.79 Å². The van der Waals surface area contributed by atoms with Crippen molar-refractivity contribution in [2.45, 2.75) is 33.1 Å². The number of nitrogens with zero attached hydrogens (tertiary/aromatic N) is 1. The van der Waals surface area contributed by atoms with Crippen molar-refractivity contribution in [1.82, 2.24) is 10.2 Å². The van der Waals surface area contributed by atoms with Crippen LogP contribution in [-0.2, 0) is 14.3 Å². The van der Waals surface area contributed by atoms with Gasteiger partial charge in [0.15, 0.2) is 0 Å². The number of benzene rings is 2. The second-order valence-corrected chi connectivity index (χ2v) is 9.73. The van der Waals surface area contributed by atoms with Crippen molar-refractivity contribution in [3.8, 4) is 11.1 Å². The summed E-state index contributed by atoms with van der Waals surface area (Å²) in [5.41, 5.74) is 3.77. The summed E-state index contributed by atoms with van der Waals surface area (Å²) < 4.78 is 5.60. The Morgan fingerprint density at radius 1 is 1.06 bits per heavy atom. The number of carbonyl (C=O) groups is 3. The molecule has 7 nitrogen and oxygen atoms in total. The molecule has 2 aromatic rings. The second-order valence-electron chi connectivity index (χ2n) is 9.73. The predicted molar refractivity (Wildman–Crippen MR) is 128 cm³/mol. The fourth-order valence-electron chi connectivity index (χ4n) is 5.10. The Kier molecular flexibility index (Phi) is 6.64. The van der Waals surface area contributed by atoms with Gasteiger partial charge in [-0.25, -0.2) is 4.79 Å². The van der Waals surface area contributed by atoms with E-state index in [9.17, 15) is 19.5 Å². The molecule has 7 heteroatoms. The van der Waals surface area contributed by atoms with Gasteiger partial charge < -0.3 is 20.1 Å². The molecule has 2 aliphatic rings. The van der Waals surface area contributed by atoms with E-state index >= 15 is 0 Å². The summed E-state index contributed by atoms with van der Waals surface area (Å²) in [4.78, 5) is 38.8. The van der Waals surface area contributed by atoms with Gasteiger partial charge in [0.1, 0.15) is 6.61 Å². The number of carboxylic acid groups (broad SMARTS) is 1. The minimum absolute atomic E-state index is 0.0311. The molecular formula is C27H32N2O5. The quantitative estimate of drug-likeness (QED) is 0.643. The standard InChI is InChI=1S/C27H32N2O5/c1-4-27(3,25(32)29-13-17(2)22(14-29)24(30)31)16-28-26(33)34-15-23-20-11-7-5-9-18(20)19-10-6-8-12-21(19)23/h5-12,17,22-23H,4,13-16H2,1-3H3,(H,28,33)(H,30,31)/t17-,22-,27?/m1/s1. The van der Waals surface area contributed by atoms with E-state index in [1.807, 2.05) is 38.1 Å². The zero-order valence-electron chi connectivity index (χ0n) is 19.9. The summed E-state index contributed by atoms with van der Waals surface area (Å²) in [7, 11) is 0. The van der Waals surface area contributed by atoms with Crippen molar-refractivity contribution in [2.24, 2.45) is 17.3 Å². The number of alkyl carbamates (subject to hydrolysis) is 1. The van der Waals surface area contributed by atoms with Crippen LogP contribution in [-0.4, -0.2) is 54.2 Å². The van der Waals surface area contributed by atoms with Crippen LogP contribution in [0.25, 0.3) is 11.1 Å². The molecule has 0 saturated carbocycles. The highest BCUT2D eigenvalue weighted by molar-refractivity contribution is 5.85. The molecule has 1 fully saturated rings. The normalized spacial score (nSPS) is 20.9. The zero-order chi connectivity index (χ0) is 24.5. The minimum Gasteiger partial charge on any atom is -0.481 e. The zero-order valence-corrected chi connectivity index (χ0v) is 19.9. The predicted octanol–water partition coefficient (Wildman–Crippen LogP) is 4.12. The number of amides is 2. The summed E-state index contributed by atoms with van der Waals surface area (Å²) in [6.07, 6.45) is -0.0505. The van der Waals surface area contributed by atoms with Gasteiger partial charge in [0, 0.05) is 25.6 Å². The Hall–Kier alpha value is -3.35. The van der Waals surface area contributed by atoms with E-state index in [-0.39, 0.29) is 37.4 Å². The Morgan fingerprint density at radius 3 is 2.18 bits per heavy atom. The molecule has 0 radical (unpaired) electrons. The van der Waals surface area contributed by atoms with Crippen LogP contribution in [0.2, 0.25) is 0 Å². The van der Waals surface area contributed by atoms with Crippen molar-refractivity contribution >= 4 is 18.0 Å². The molecule has 4 rings (SSSR count). The number of carbonyl (C=O) groups excluding carboxylic acids is 2. The summed E-state index contributed by atoms with van der Waals surface area (Å²) in [5.74, 6) is -1.70. The average Bonchev–Trinajstić information content (AvgIpc) is 3.39. The maximum Gasteiger partial charge on any atom is 0.407 e. The van der Waals surface area contributed by atoms with Gasteiger partial charge in [-0.1, -0.05) is 62.4 Å². The molecule has 2 N–H and O–H groups in total. The lowest BCUT2D eigenvalue weighted by molar-refractivity contribution is -0.143. The molecule has 1 unspecified atom stereocenters. The Bertz CT molecular complexity index is 1050. The molecule has 180 valence electrons. The van der Waals surface area contributed by atoms with Gasteiger partial charge in [-0.3, -0.25) is 9.59 Å². The van der Waals surface area contributed by atoms with Gasteiger partial charge in [0.05, 0.1) is 11.3 Å². The first kappa shape index (κ1) is 23.8. The number of aliphatic carboxylic acids is 1. The topological polar surface area (TPSA) is 95.9 Å². The van der Waals surface area contributed by atoms with Gasteiger partial charge in [0.2, 0.25) is 5.91 Å². The van der Waals surface area contributed by atoms with E-state index in [0.29, 0.717) is 13.0 Å². The number of rotatable bonds is 7. The summed E-state index contributed by atoms with van der Waals surface area (Å²) in [5, 5.41) is 12.2. The smallest absolute Gasteiger partial charge is 0.407 e. The lowest BCUT2D eigenvalue weighted by Gasteiger charge is -2.32. The molecule has 0 spiro atoms. The average molecular weight is 465 g/mol. The highest BCUT2D eigenvalue weighted by Gasteiger charge is 2.43. The van der Waals surface area contributed by atoms with E-state index < -0.39 is 23.4 Å². The van der Waals surface area contributed by atoms with Crippen LogP contribution >= 0.6 is 0 Å². The van der Waals surface area contributed by atoms with Gasteiger partial charge in [-0.05, 0) is 41.5 Å². The number of nitrogens with one attached hydrogen (secondary N) is 1. The van der Waals surface area contributed by atoms with Crippen molar-refractivity contribution in [2.75, 3.05) is 26.2 Å². The fourth-order valence-corrected chi connectivity index (χ4v) is 5.10. The van der Waals surface area contributed by atoms with Crippen molar-refractivity contribution in [3.05, 3.63) is 59.7 Å². The molecule has 0 aromatic heterocycles. The second kappa shape index (κ2) is 9.49. The van der Waals surface area contributed by atoms with Crippen LogP contribution in [0, 0.1) is 17.3 Å². The molecule has 2 aromatic carbocycles. The minimum atomic E-state index is -0.877. The highest BCUT2D eigenvalue weighted by atomic mass is 16.5. The molecular weight excluding hydrogens is 432 g/mol. The largest absolute Gasteiger partial charge is 0.481 e. The van der Waals surface area contributed by atoms with Gasteiger partial charge in [0.25, 0.3) is 0 Å². The third kappa shape index (κ3) is 4.39. The molecule has 34 heavy (non-hydrogen) atoms. The number of hydrogen-bond acceptors (Lipinski definition) is 4. The van der Waals surface area contributed by atoms with E-state index in [4.69, 9.17) is 4.74 Å². The maximum absolute atomic E-state index is 13.2. The first-order chi connectivity index (χ1) is 16.2. The Labute approximate surface area is 200 Å². The summed E-state index contributed by atoms with van der Waals surface area (Å²) in [6.45, 7) is 6.50. The number of hydrogen-bond donors (Lipinski definition) is 2. The van der Waals surface area contributed by atoms with Crippen LogP contribution in [0.5, 0.6) is 0 Å². The van der Waals surface area contributed by atoms with Crippen LogP contribution in [0.15, 0.2) is 48.5 Å². The molecule has 1 aliphatic heterocycles. The summed E-state index contributed by atoms with van der Waals surface area (Å²) in [6, 6.07) is 16.3.